The summed E-state index contributed by atoms with van der Waals surface area (Å²) in [5, 5.41) is 10.3. The van der Waals surface area contributed by atoms with Gasteiger partial charge >= 0.3 is 0 Å². The summed E-state index contributed by atoms with van der Waals surface area (Å²) in [7, 11) is 0. The van der Waals surface area contributed by atoms with Gasteiger partial charge in [-0.1, -0.05) is 29.8 Å². The average Bonchev–Trinajstić information content (AvgIpc) is 3.20. The highest BCUT2D eigenvalue weighted by Gasteiger charge is 2.32. The number of aryl methyl sites for hydroxylation is 1. The van der Waals surface area contributed by atoms with Crippen LogP contribution in [0, 0.1) is 6.92 Å². The third-order valence-electron chi connectivity index (χ3n) is 4.99. The van der Waals surface area contributed by atoms with Crippen LogP contribution in [0.4, 0.5) is 0 Å². The number of carbonyl (C=O) groups excluding carboxylic acids is 1. The molecule has 4 heteroatoms. The smallest absolute Gasteiger partial charge is 0.231 e. The highest BCUT2D eigenvalue weighted by molar-refractivity contribution is 6.14. The number of nitrogens with one attached hydrogen (secondary N) is 1. The predicted molar refractivity (Wildman–Crippen MR) is 95.9 cm³/mol. The Morgan fingerprint density at radius 2 is 2.00 bits per heavy atom. The second-order valence-corrected chi connectivity index (χ2v) is 6.93. The van der Waals surface area contributed by atoms with E-state index in [1.54, 1.807) is 18.2 Å². The number of Topliss-reactive ketones (excluding diaryl/α,β-unsaturated/α-hetero) is 1. The maximum absolute atomic E-state index is 12.7. The van der Waals surface area contributed by atoms with E-state index in [4.69, 9.17) is 4.74 Å². The van der Waals surface area contributed by atoms with Crippen LogP contribution in [0.2, 0.25) is 0 Å². The summed E-state index contributed by atoms with van der Waals surface area (Å²) in [5.41, 5.74) is 3.36. The number of ketones is 1. The molecule has 2 N–H and O–H groups in total. The van der Waals surface area contributed by atoms with Crippen LogP contribution in [0.3, 0.4) is 0 Å². The summed E-state index contributed by atoms with van der Waals surface area (Å²) in [4.78, 5) is 14.1. The van der Waals surface area contributed by atoms with Crippen LogP contribution in [-0.2, 0) is 6.54 Å². The topological polar surface area (TPSA) is 51.0 Å². The fourth-order valence-corrected chi connectivity index (χ4v) is 3.68. The molecule has 4 rings (SSSR count). The zero-order chi connectivity index (χ0) is 17.4. The van der Waals surface area contributed by atoms with Crippen LogP contribution >= 0.6 is 0 Å². The van der Waals surface area contributed by atoms with Gasteiger partial charge in [0.2, 0.25) is 5.78 Å². The lowest BCUT2D eigenvalue weighted by Crippen LogP contribution is -3.08. The van der Waals surface area contributed by atoms with Gasteiger partial charge in [-0.15, -0.1) is 0 Å². The molecule has 0 radical (unpaired) electrons. The number of allylic oxidation sites excluding steroid dienone is 1. The second kappa shape index (κ2) is 6.37. The van der Waals surface area contributed by atoms with Crippen molar-refractivity contribution >= 4 is 11.9 Å². The number of carbonyl (C=O) groups is 1. The van der Waals surface area contributed by atoms with Crippen LogP contribution in [0.5, 0.6) is 11.5 Å². The number of benzene rings is 2. The van der Waals surface area contributed by atoms with Crippen LogP contribution in [0.25, 0.3) is 6.08 Å². The Hall–Kier alpha value is -2.59. The van der Waals surface area contributed by atoms with Crippen molar-refractivity contribution in [2.75, 3.05) is 13.1 Å². The molecule has 1 saturated heterocycles. The summed E-state index contributed by atoms with van der Waals surface area (Å²) < 4.78 is 5.92. The Morgan fingerprint density at radius 1 is 1.20 bits per heavy atom. The summed E-state index contributed by atoms with van der Waals surface area (Å²) in [6.45, 7) is 4.91. The Labute approximate surface area is 147 Å². The molecule has 4 nitrogen and oxygen atoms in total. The molecule has 0 spiro atoms. The van der Waals surface area contributed by atoms with Gasteiger partial charge in [0.1, 0.15) is 12.3 Å². The first-order chi connectivity index (χ1) is 12.1. The summed E-state index contributed by atoms with van der Waals surface area (Å²) in [6.07, 6.45) is 4.20. The number of likely N-dealkylation sites (tertiary alicyclic amines) is 1. The van der Waals surface area contributed by atoms with Gasteiger partial charge in [-0.25, -0.2) is 0 Å². The van der Waals surface area contributed by atoms with Gasteiger partial charge in [0.05, 0.1) is 24.2 Å². The maximum Gasteiger partial charge on any atom is 0.231 e. The van der Waals surface area contributed by atoms with Gasteiger partial charge < -0.3 is 14.7 Å². The van der Waals surface area contributed by atoms with E-state index in [9.17, 15) is 9.90 Å². The molecule has 2 heterocycles. The summed E-state index contributed by atoms with van der Waals surface area (Å²) in [5.74, 6) is 0.948. The average molecular weight is 336 g/mol. The first kappa shape index (κ1) is 15.9. The quantitative estimate of drug-likeness (QED) is 0.847. The molecule has 2 aromatic rings. The van der Waals surface area contributed by atoms with E-state index >= 15 is 0 Å². The molecular weight excluding hydrogens is 314 g/mol. The SMILES string of the molecule is Cc1cccc(/C=C2/Oc3c(ccc(O)c3C[NH+]3CCCC3)C2=O)c1. The van der Waals surface area contributed by atoms with Crippen molar-refractivity contribution in [1.29, 1.82) is 0 Å². The number of quaternary nitrogens is 1. The number of ether oxygens (including phenoxy) is 1. The summed E-state index contributed by atoms with van der Waals surface area (Å²) in [6, 6.07) is 11.2. The minimum absolute atomic E-state index is 0.117. The van der Waals surface area contributed by atoms with Crippen LogP contribution in [0.1, 0.15) is 39.9 Å². The molecule has 0 saturated carbocycles. The fraction of sp³-hybridized carbons (Fsp3) is 0.286. The van der Waals surface area contributed by atoms with E-state index in [1.807, 2.05) is 31.2 Å². The molecule has 2 aliphatic heterocycles. The fourth-order valence-electron chi connectivity index (χ4n) is 3.68. The highest BCUT2D eigenvalue weighted by Crippen LogP contribution is 2.39. The van der Waals surface area contributed by atoms with E-state index in [-0.39, 0.29) is 11.5 Å². The Balaban J connectivity index is 1.68. The van der Waals surface area contributed by atoms with E-state index in [0.717, 1.165) is 29.8 Å². The number of hydrogen-bond donors (Lipinski definition) is 2. The Kier molecular flexibility index (Phi) is 4.06. The van der Waals surface area contributed by atoms with Crippen molar-refractivity contribution < 1.29 is 19.5 Å². The molecule has 1 fully saturated rings. The third-order valence-corrected chi connectivity index (χ3v) is 4.99. The van der Waals surface area contributed by atoms with Gasteiger partial charge in [-0.2, -0.15) is 0 Å². The van der Waals surface area contributed by atoms with Crippen molar-refractivity contribution in [2.24, 2.45) is 0 Å². The maximum atomic E-state index is 12.7. The van der Waals surface area contributed by atoms with Gasteiger partial charge in [0.15, 0.2) is 11.5 Å². The van der Waals surface area contributed by atoms with E-state index < -0.39 is 0 Å². The van der Waals surface area contributed by atoms with Crippen molar-refractivity contribution in [3.63, 3.8) is 0 Å². The van der Waals surface area contributed by atoms with E-state index in [2.05, 4.69) is 0 Å². The van der Waals surface area contributed by atoms with Gasteiger partial charge in [0, 0.05) is 12.8 Å². The Morgan fingerprint density at radius 3 is 2.76 bits per heavy atom. The number of hydrogen-bond acceptors (Lipinski definition) is 3. The molecule has 2 aromatic carbocycles. The number of phenols is 1. The van der Waals surface area contributed by atoms with Crippen LogP contribution in [-0.4, -0.2) is 24.0 Å². The molecule has 2 aliphatic rings. The first-order valence-electron chi connectivity index (χ1n) is 8.81. The molecule has 0 bridgehead atoms. The van der Waals surface area contributed by atoms with Crippen molar-refractivity contribution in [1.82, 2.24) is 0 Å². The second-order valence-electron chi connectivity index (χ2n) is 6.93. The minimum atomic E-state index is -0.117. The molecule has 0 amide bonds. The molecule has 0 aliphatic carbocycles. The third kappa shape index (κ3) is 3.05. The largest absolute Gasteiger partial charge is 0.507 e. The highest BCUT2D eigenvalue weighted by atomic mass is 16.5. The number of rotatable bonds is 3. The predicted octanol–water partition coefficient (Wildman–Crippen LogP) is 2.50. The van der Waals surface area contributed by atoms with E-state index in [0.29, 0.717) is 23.6 Å². The monoisotopic (exact) mass is 336 g/mol. The van der Waals surface area contributed by atoms with E-state index in [1.165, 1.54) is 17.7 Å². The molecule has 0 atom stereocenters. The minimum Gasteiger partial charge on any atom is -0.507 e. The number of fused-ring (bicyclic) bond motifs is 1. The standard InChI is InChI=1S/C21H21NO3/c1-14-5-4-6-15(11-14)12-19-20(24)16-7-8-18(23)17(21(16)25-19)13-22-9-2-3-10-22/h4-8,11-12,23H,2-3,9-10,13H2,1H3/p+1/b19-12+. The van der Waals surface area contributed by atoms with Crippen molar-refractivity contribution in [3.05, 3.63) is 64.4 Å². The number of phenolic OH excluding ortho intramolecular Hbond substituents is 1. The first-order valence-corrected chi connectivity index (χ1v) is 8.81. The van der Waals surface area contributed by atoms with Crippen LogP contribution in [0.15, 0.2) is 42.2 Å². The lowest BCUT2D eigenvalue weighted by molar-refractivity contribution is -0.901. The van der Waals surface area contributed by atoms with Gasteiger partial charge in [-0.05, 0) is 30.7 Å². The summed E-state index contributed by atoms with van der Waals surface area (Å²) >= 11 is 0. The van der Waals surface area contributed by atoms with Crippen LogP contribution < -0.4 is 9.64 Å². The zero-order valence-corrected chi connectivity index (χ0v) is 14.3. The van der Waals surface area contributed by atoms with Crippen molar-refractivity contribution in [2.45, 2.75) is 26.3 Å². The normalized spacial score (nSPS) is 18.6. The Bertz CT molecular complexity index is 863. The molecule has 0 aromatic heterocycles. The lowest BCUT2D eigenvalue weighted by Gasteiger charge is -2.15. The zero-order valence-electron chi connectivity index (χ0n) is 14.3. The number of aromatic hydroxyl groups is 1. The molecular formula is C21H22NO3+. The lowest BCUT2D eigenvalue weighted by atomic mass is 10.0. The molecule has 128 valence electrons. The van der Waals surface area contributed by atoms with Crippen molar-refractivity contribution in [3.8, 4) is 11.5 Å². The van der Waals surface area contributed by atoms with Gasteiger partial charge in [0.25, 0.3) is 0 Å². The molecule has 0 unspecified atom stereocenters. The molecule has 25 heavy (non-hydrogen) atoms. The van der Waals surface area contributed by atoms with Gasteiger partial charge in [-0.3, -0.25) is 4.79 Å².